The average molecular weight is 258 g/mol. The second-order valence-corrected chi connectivity index (χ2v) is 5.26. The highest BCUT2D eigenvalue weighted by atomic mass is 16.2. The van der Waals surface area contributed by atoms with E-state index >= 15 is 0 Å². The Morgan fingerprint density at radius 1 is 1.05 bits per heavy atom. The molecule has 100 valence electrons. The minimum atomic E-state index is -0.192. The van der Waals surface area contributed by atoms with E-state index in [1.807, 2.05) is 30.3 Å². The van der Waals surface area contributed by atoms with Crippen molar-refractivity contribution in [1.82, 2.24) is 10.2 Å². The fraction of sp³-hybridized carbons (Fsp3) is 0.467. The van der Waals surface area contributed by atoms with Crippen LogP contribution in [0.3, 0.4) is 0 Å². The van der Waals surface area contributed by atoms with Crippen LogP contribution in [0.2, 0.25) is 0 Å². The fourth-order valence-corrected chi connectivity index (χ4v) is 3.01. The van der Waals surface area contributed by atoms with Crippen molar-refractivity contribution in [1.29, 1.82) is 0 Å². The number of piperazine rings is 1. The molecule has 2 atom stereocenters. The maximum Gasteiger partial charge on any atom is 0.216 e. The number of Topliss-reactive ketones (excluding diaryl/α,β-unsaturated/α-hetero) is 2. The standard InChI is InChI=1S/C15H18N2O2/c18-14-12(10-11-4-2-1-3-5-11)13(15(14)19)17-8-6-16-7-9-17/h1-5,12-13,16H,6-10H2. The van der Waals surface area contributed by atoms with Gasteiger partial charge in [-0.05, 0) is 12.0 Å². The van der Waals surface area contributed by atoms with Crippen molar-refractivity contribution < 1.29 is 9.59 Å². The number of carbonyl (C=O) groups is 2. The average Bonchev–Trinajstić information content (AvgIpc) is 2.48. The summed E-state index contributed by atoms with van der Waals surface area (Å²) in [6, 6.07) is 9.76. The number of rotatable bonds is 3. The second kappa shape index (κ2) is 5.23. The molecule has 0 radical (unpaired) electrons. The molecule has 0 bridgehead atoms. The zero-order valence-electron chi connectivity index (χ0n) is 10.8. The van der Waals surface area contributed by atoms with Crippen molar-refractivity contribution in [2.45, 2.75) is 12.5 Å². The van der Waals surface area contributed by atoms with Crippen molar-refractivity contribution in [2.24, 2.45) is 5.92 Å². The number of hydrogen-bond acceptors (Lipinski definition) is 4. The molecule has 2 fully saturated rings. The molecule has 1 heterocycles. The summed E-state index contributed by atoms with van der Waals surface area (Å²) >= 11 is 0. The van der Waals surface area contributed by atoms with E-state index in [9.17, 15) is 9.59 Å². The van der Waals surface area contributed by atoms with Gasteiger partial charge in [-0.3, -0.25) is 14.5 Å². The Bertz CT molecular complexity index is 480. The highest BCUT2D eigenvalue weighted by Gasteiger charge is 2.51. The fourth-order valence-electron chi connectivity index (χ4n) is 3.01. The van der Waals surface area contributed by atoms with Crippen LogP contribution in [0, 0.1) is 5.92 Å². The van der Waals surface area contributed by atoms with Crippen molar-refractivity contribution in [3.05, 3.63) is 35.9 Å². The smallest absolute Gasteiger partial charge is 0.216 e. The van der Waals surface area contributed by atoms with Crippen LogP contribution < -0.4 is 5.32 Å². The highest BCUT2D eigenvalue weighted by molar-refractivity contribution is 6.47. The molecule has 1 saturated heterocycles. The molecule has 1 saturated carbocycles. The minimum absolute atomic E-state index is 0.145. The molecular weight excluding hydrogens is 240 g/mol. The molecule has 0 amide bonds. The lowest BCUT2D eigenvalue weighted by Gasteiger charge is -2.43. The number of hydrogen-bond donors (Lipinski definition) is 1. The van der Waals surface area contributed by atoms with Gasteiger partial charge in [0.2, 0.25) is 11.6 Å². The second-order valence-electron chi connectivity index (χ2n) is 5.26. The van der Waals surface area contributed by atoms with E-state index in [1.165, 1.54) is 0 Å². The molecule has 19 heavy (non-hydrogen) atoms. The van der Waals surface area contributed by atoms with Gasteiger partial charge in [-0.25, -0.2) is 0 Å². The highest BCUT2D eigenvalue weighted by Crippen LogP contribution is 2.29. The van der Waals surface area contributed by atoms with Crippen molar-refractivity contribution in [2.75, 3.05) is 26.2 Å². The van der Waals surface area contributed by atoms with Crippen LogP contribution in [0.25, 0.3) is 0 Å². The first-order valence-electron chi connectivity index (χ1n) is 6.84. The molecule has 1 aliphatic carbocycles. The van der Waals surface area contributed by atoms with Crippen molar-refractivity contribution in [3.63, 3.8) is 0 Å². The Morgan fingerprint density at radius 2 is 1.74 bits per heavy atom. The molecular formula is C15H18N2O2. The SMILES string of the molecule is O=C1C(=O)C(N2CCNCC2)C1Cc1ccccc1. The molecule has 4 heteroatoms. The molecule has 1 aromatic carbocycles. The zero-order chi connectivity index (χ0) is 13.2. The molecule has 3 rings (SSSR count). The minimum Gasteiger partial charge on any atom is -0.314 e. The van der Waals surface area contributed by atoms with E-state index in [4.69, 9.17) is 0 Å². The summed E-state index contributed by atoms with van der Waals surface area (Å²) < 4.78 is 0. The van der Waals surface area contributed by atoms with Gasteiger partial charge in [0.15, 0.2) is 0 Å². The molecule has 1 aromatic rings. The predicted molar refractivity (Wildman–Crippen MR) is 71.9 cm³/mol. The molecule has 1 aliphatic heterocycles. The third kappa shape index (κ3) is 2.33. The molecule has 0 spiro atoms. The van der Waals surface area contributed by atoms with Crippen LogP contribution >= 0.6 is 0 Å². The third-order valence-electron chi connectivity index (χ3n) is 4.07. The lowest BCUT2D eigenvalue weighted by Crippen LogP contribution is -2.65. The van der Waals surface area contributed by atoms with Gasteiger partial charge < -0.3 is 5.32 Å². The quantitative estimate of drug-likeness (QED) is 0.791. The Labute approximate surface area is 112 Å². The summed E-state index contributed by atoms with van der Waals surface area (Å²) in [6.07, 6.45) is 0.681. The van der Waals surface area contributed by atoms with Crippen LogP contribution in [0.4, 0.5) is 0 Å². The Hall–Kier alpha value is -1.52. The summed E-state index contributed by atoms with van der Waals surface area (Å²) in [5, 5.41) is 3.27. The Kier molecular flexibility index (Phi) is 3.44. The van der Waals surface area contributed by atoms with Gasteiger partial charge in [0.05, 0.1) is 12.0 Å². The van der Waals surface area contributed by atoms with Gasteiger partial charge in [-0.1, -0.05) is 30.3 Å². The van der Waals surface area contributed by atoms with Gasteiger partial charge in [-0.2, -0.15) is 0 Å². The van der Waals surface area contributed by atoms with Crippen LogP contribution in [-0.4, -0.2) is 48.7 Å². The number of benzene rings is 1. The van der Waals surface area contributed by atoms with Crippen molar-refractivity contribution >= 4 is 11.6 Å². The van der Waals surface area contributed by atoms with Crippen LogP contribution in [-0.2, 0) is 16.0 Å². The zero-order valence-corrected chi connectivity index (χ0v) is 10.8. The summed E-state index contributed by atoms with van der Waals surface area (Å²) in [5.74, 6) is -0.525. The van der Waals surface area contributed by atoms with Crippen LogP contribution in [0.1, 0.15) is 5.56 Å². The number of ketones is 2. The Morgan fingerprint density at radius 3 is 2.42 bits per heavy atom. The molecule has 4 nitrogen and oxygen atoms in total. The summed E-state index contributed by atoms with van der Waals surface area (Å²) in [4.78, 5) is 25.8. The van der Waals surface area contributed by atoms with Crippen LogP contribution in [0.5, 0.6) is 0 Å². The Balaban J connectivity index is 1.72. The van der Waals surface area contributed by atoms with E-state index in [1.54, 1.807) is 0 Å². The summed E-state index contributed by atoms with van der Waals surface area (Å²) in [6.45, 7) is 3.51. The number of carbonyl (C=O) groups excluding carboxylic acids is 2. The first kappa shape index (κ1) is 12.5. The van der Waals surface area contributed by atoms with Crippen molar-refractivity contribution in [3.8, 4) is 0 Å². The van der Waals surface area contributed by atoms with E-state index in [0.717, 1.165) is 31.7 Å². The maximum absolute atomic E-state index is 11.8. The predicted octanol–water partition coefficient (Wildman–Crippen LogP) is 0.271. The maximum atomic E-state index is 11.8. The number of nitrogens with zero attached hydrogens (tertiary/aromatic N) is 1. The molecule has 2 aliphatic rings. The molecule has 0 aromatic heterocycles. The monoisotopic (exact) mass is 258 g/mol. The lowest BCUT2D eigenvalue weighted by atomic mass is 9.72. The number of nitrogens with one attached hydrogen (secondary N) is 1. The van der Waals surface area contributed by atoms with Gasteiger partial charge in [-0.15, -0.1) is 0 Å². The first-order chi connectivity index (χ1) is 9.27. The largest absolute Gasteiger partial charge is 0.314 e. The molecule has 1 N–H and O–H groups in total. The van der Waals surface area contributed by atoms with Gasteiger partial charge >= 0.3 is 0 Å². The summed E-state index contributed by atoms with van der Waals surface area (Å²) in [7, 11) is 0. The van der Waals surface area contributed by atoms with E-state index < -0.39 is 0 Å². The van der Waals surface area contributed by atoms with E-state index in [2.05, 4.69) is 10.2 Å². The topological polar surface area (TPSA) is 49.4 Å². The van der Waals surface area contributed by atoms with E-state index in [-0.39, 0.29) is 23.5 Å². The summed E-state index contributed by atoms with van der Waals surface area (Å²) in [5.41, 5.74) is 1.13. The van der Waals surface area contributed by atoms with E-state index in [0.29, 0.717) is 6.42 Å². The third-order valence-corrected chi connectivity index (χ3v) is 4.07. The first-order valence-corrected chi connectivity index (χ1v) is 6.84. The van der Waals surface area contributed by atoms with Gasteiger partial charge in [0, 0.05) is 26.2 Å². The van der Waals surface area contributed by atoms with Gasteiger partial charge in [0.25, 0.3) is 0 Å². The van der Waals surface area contributed by atoms with Crippen LogP contribution in [0.15, 0.2) is 30.3 Å². The lowest BCUT2D eigenvalue weighted by molar-refractivity contribution is -0.154. The van der Waals surface area contributed by atoms with Gasteiger partial charge in [0.1, 0.15) is 0 Å². The molecule has 2 unspecified atom stereocenters. The normalized spacial score (nSPS) is 28.2.